The Labute approximate surface area is 262 Å². The molecule has 2 heterocycles. The molecule has 9 N–H and O–H groups in total. The molecular weight excluding hydrogens is 605 g/mol. The standard InChI is InChI=1S/C31H37F3N8O2S/c1-3-23(35)7-10-27(43)21-13-20(14-25(15-21)45-31(32,33)34)26-16-22-17-42(30(44)41-28(22)40-26)24-8-5-19(6-9-24)18(2)38-11-4-12-39-29(36)37/h3,5-6,8-9,13-18,23,27,38,43H,1,4,7,10-12,35H2,2H3,(H4,36,37,39)(H,40,41,44)/t18-,23+,27+/m0/s1. The van der Waals surface area contributed by atoms with E-state index in [9.17, 15) is 23.1 Å². The fourth-order valence-corrected chi connectivity index (χ4v) is 5.43. The number of aliphatic imine (C=N–C) groups is 1. The Morgan fingerprint density at radius 2 is 1.91 bits per heavy atom. The molecule has 0 aliphatic carbocycles. The number of H-pyrrole nitrogens is 1. The third-order valence-electron chi connectivity index (χ3n) is 7.19. The smallest absolute Gasteiger partial charge is 0.388 e. The van der Waals surface area contributed by atoms with Gasteiger partial charge in [-0.3, -0.25) is 9.56 Å². The molecule has 0 saturated heterocycles. The van der Waals surface area contributed by atoms with Crippen LogP contribution in [0.3, 0.4) is 0 Å². The van der Waals surface area contributed by atoms with E-state index in [1.165, 1.54) is 16.7 Å². The first-order valence-electron chi connectivity index (χ1n) is 14.3. The molecule has 0 aliphatic rings. The highest BCUT2D eigenvalue weighted by atomic mass is 32.2. The predicted octanol–water partition coefficient (Wildman–Crippen LogP) is 4.63. The Bertz CT molecular complexity index is 1700. The number of thioether (sulfide) groups is 1. The summed E-state index contributed by atoms with van der Waals surface area (Å²) < 4.78 is 41.3. The minimum absolute atomic E-state index is 0.0521. The van der Waals surface area contributed by atoms with E-state index in [-0.39, 0.29) is 46.8 Å². The van der Waals surface area contributed by atoms with Gasteiger partial charge >= 0.3 is 11.2 Å². The van der Waals surface area contributed by atoms with Crippen LogP contribution in [0.5, 0.6) is 0 Å². The summed E-state index contributed by atoms with van der Waals surface area (Å²) in [4.78, 5) is 24.1. The van der Waals surface area contributed by atoms with Crippen molar-refractivity contribution in [2.24, 2.45) is 22.2 Å². The summed E-state index contributed by atoms with van der Waals surface area (Å²) >= 11 is -0.265. The van der Waals surface area contributed by atoms with Crippen molar-refractivity contribution in [3.63, 3.8) is 0 Å². The molecule has 0 fully saturated rings. The predicted molar refractivity (Wildman–Crippen MR) is 173 cm³/mol. The number of hydrogen-bond acceptors (Lipinski definition) is 7. The second-order valence-corrected chi connectivity index (χ2v) is 11.8. The number of benzene rings is 2. The van der Waals surface area contributed by atoms with Gasteiger partial charge in [0.2, 0.25) is 0 Å². The lowest BCUT2D eigenvalue weighted by Crippen LogP contribution is -2.24. The fourth-order valence-electron chi connectivity index (χ4n) is 4.78. The first-order chi connectivity index (χ1) is 21.3. The van der Waals surface area contributed by atoms with Gasteiger partial charge in [-0.1, -0.05) is 18.2 Å². The molecule has 0 unspecified atom stereocenters. The van der Waals surface area contributed by atoms with Crippen LogP contribution in [0.2, 0.25) is 0 Å². The van der Waals surface area contributed by atoms with Crippen molar-refractivity contribution in [2.45, 2.75) is 54.8 Å². The van der Waals surface area contributed by atoms with Gasteiger partial charge in [0, 0.05) is 40.8 Å². The number of nitrogens with two attached hydrogens (primary N) is 3. The minimum atomic E-state index is -4.52. The van der Waals surface area contributed by atoms with Gasteiger partial charge in [0.1, 0.15) is 5.65 Å². The Kier molecular flexibility index (Phi) is 11.1. The maximum atomic E-state index is 13.3. The minimum Gasteiger partial charge on any atom is -0.388 e. The number of alkyl halides is 3. The number of hydrogen-bond donors (Lipinski definition) is 6. The van der Waals surface area contributed by atoms with Gasteiger partial charge in [-0.2, -0.15) is 18.2 Å². The lowest BCUT2D eigenvalue weighted by atomic mass is 9.99. The summed E-state index contributed by atoms with van der Waals surface area (Å²) in [6.45, 7) is 6.90. The summed E-state index contributed by atoms with van der Waals surface area (Å²) in [6.07, 6.45) is 3.58. The maximum absolute atomic E-state index is 13.3. The number of nitrogens with one attached hydrogen (secondary N) is 2. The molecule has 4 rings (SSSR count). The lowest BCUT2D eigenvalue weighted by molar-refractivity contribution is -0.0328. The molecule has 4 aromatic rings. The van der Waals surface area contributed by atoms with Crippen LogP contribution in [0.15, 0.2) is 82.1 Å². The number of halogens is 3. The first kappa shape index (κ1) is 33.8. The zero-order valence-electron chi connectivity index (χ0n) is 24.7. The Balaban J connectivity index is 1.58. The molecule has 10 nitrogen and oxygen atoms in total. The van der Waals surface area contributed by atoms with Crippen molar-refractivity contribution in [3.8, 4) is 16.9 Å². The van der Waals surface area contributed by atoms with Gasteiger partial charge in [0.15, 0.2) is 5.96 Å². The highest BCUT2D eigenvalue weighted by Crippen LogP contribution is 2.40. The number of aliphatic hydroxyl groups is 1. The zero-order valence-corrected chi connectivity index (χ0v) is 25.5. The number of aromatic nitrogens is 3. The van der Waals surface area contributed by atoms with Crippen molar-refractivity contribution in [1.29, 1.82) is 0 Å². The molecule has 0 aliphatic heterocycles. The van der Waals surface area contributed by atoms with E-state index in [0.717, 1.165) is 18.5 Å². The van der Waals surface area contributed by atoms with Crippen molar-refractivity contribution >= 4 is 28.8 Å². The van der Waals surface area contributed by atoms with Gasteiger partial charge < -0.3 is 32.6 Å². The van der Waals surface area contributed by atoms with E-state index in [1.54, 1.807) is 24.4 Å². The van der Waals surface area contributed by atoms with Crippen molar-refractivity contribution in [2.75, 3.05) is 13.1 Å². The number of aromatic amines is 1. The summed E-state index contributed by atoms with van der Waals surface area (Å²) in [6, 6.07) is 13.2. The van der Waals surface area contributed by atoms with E-state index in [4.69, 9.17) is 17.2 Å². The van der Waals surface area contributed by atoms with Crippen LogP contribution in [-0.2, 0) is 0 Å². The lowest BCUT2D eigenvalue weighted by Gasteiger charge is -2.16. The van der Waals surface area contributed by atoms with Crippen LogP contribution in [0, 0.1) is 0 Å². The zero-order chi connectivity index (χ0) is 32.7. The van der Waals surface area contributed by atoms with Gasteiger partial charge in [-0.25, -0.2) is 4.79 Å². The number of rotatable bonds is 14. The van der Waals surface area contributed by atoms with Crippen molar-refractivity contribution in [3.05, 3.63) is 89.0 Å². The molecule has 0 radical (unpaired) electrons. The van der Waals surface area contributed by atoms with E-state index < -0.39 is 17.3 Å². The second-order valence-electron chi connectivity index (χ2n) is 10.6. The molecule has 0 spiro atoms. The molecule has 3 atom stereocenters. The van der Waals surface area contributed by atoms with Crippen molar-refractivity contribution in [1.82, 2.24) is 19.9 Å². The Morgan fingerprint density at radius 3 is 2.58 bits per heavy atom. The van der Waals surface area contributed by atoms with E-state index >= 15 is 0 Å². The molecule has 0 amide bonds. The van der Waals surface area contributed by atoms with Crippen LogP contribution in [0.25, 0.3) is 28.0 Å². The largest absolute Gasteiger partial charge is 0.446 e. The molecule has 45 heavy (non-hydrogen) atoms. The summed E-state index contributed by atoms with van der Waals surface area (Å²) in [7, 11) is 0. The van der Waals surface area contributed by atoms with Gasteiger partial charge in [-0.05, 0) is 97.6 Å². The van der Waals surface area contributed by atoms with Crippen LogP contribution in [-0.4, -0.2) is 50.2 Å². The summed E-state index contributed by atoms with van der Waals surface area (Å²) in [5, 5.41) is 14.8. The molecule has 0 saturated carbocycles. The molecule has 0 bridgehead atoms. The van der Waals surface area contributed by atoms with Gasteiger partial charge in [0.25, 0.3) is 0 Å². The quantitative estimate of drug-likeness (QED) is 0.0380. The summed E-state index contributed by atoms with van der Waals surface area (Å²) in [5.74, 6) is 0.0668. The molecule has 2 aromatic heterocycles. The molecule has 14 heteroatoms. The molecule has 240 valence electrons. The number of aliphatic hydroxyl groups excluding tert-OH is 1. The Morgan fingerprint density at radius 1 is 1.18 bits per heavy atom. The van der Waals surface area contributed by atoms with E-state index in [2.05, 4.69) is 26.9 Å². The fraction of sp³-hybridized carbons (Fsp3) is 0.323. The van der Waals surface area contributed by atoms with Crippen LogP contribution >= 0.6 is 11.8 Å². The monoisotopic (exact) mass is 642 g/mol. The first-order valence-corrected chi connectivity index (χ1v) is 15.1. The van der Waals surface area contributed by atoms with Crippen LogP contribution in [0.1, 0.15) is 49.5 Å². The topological polar surface area (TPSA) is 173 Å². The van der Waals surface area contributed by atoms with Gasteiger partial charge in [0.05, 0.1) is 11.8 Å². The summed E-state index contributed by atoms with van der Waals surface area (Å²) in [5.41, 5.74) is 14.6. The number of guanidine groups is 1. The molecular formula is C31H37F3N8O2S. The Hall–Kier alpha value is -4.11. The van der Waals surface area contributed by atoms with E-state index in [1.807, 2.05) is 31.2 Å². The maximum Gasteiger partial charge on any atom is 0.446 e. The normalized spacial score (nSPS) is 13.8. The number of nitrogens with zero attached hydrogens (tertiary/aromatic N) is 3. The highest BCUT2D eigenvalue weighted by molar-refractivity contribution is 8.00. The van der Waals surface area contributed by atoms with Gasteiger partial charge in [-0.15, -0.1) is 6.58 Å². The third-order valence-corrected chi connectivity index (χ3v) is 7.90. The van der Waals surface area contributed by atoms with Crippen LogP contribution < -0.4 is 28.2 Å². The average molecular weight is 643 g/mol. The highest BCUT2D eigenvalue weighted by Gasteiger charge is 2.30. The number of fused-ring (bicyclic) bond motifs is 1. The third kappa shape index (κ3) is 9.44. The SMILES string of the molecule is C=C[C@@H](N)CC[C@@H](O)c1cc(SC(F)(F)F)cc(-c2cc3cn(-c4ccc([C@H](C)NCCCN=C(N)N)cc4)c(=O)nc3[nH]2)c1. The van der Waals surface area contributed by atoms with Crippen molar-refractivity contribution < 1.29 is 18.3 Å². The van der Waals surface area contributed by atoms with E-state index in [0.29, 0.717) is 40.9 Å². The second kappa shape index (κ2) is 14.8. The molecule has 2 aromatic carbocycles. The average Bonchev–Trinajstić information content (AvgIpc) is 3.40. The van der Waals surface area contributed by atoms with Crippen LogP contribution in [0.4, 0.5) is 13.2 Å².